The van der Waals surface area contributed by atoms with E-state index in [1.807, 2.05) is 67.6 Å². The van der Waals surface area contributed by atoms with Gasteiger partial charge in [0.2, 0.25) is 0 Å². The van der Waals surface area contributed by atoms with Crippen LogP contribution in [0.15, 0.2) is 77.2 Å². The predicted octanol–water partition coefficient (Wildman–Crippen LogP) is 4.35. The molecular weight excluding hydrogens is 302 g/mol. The highest BCUT2D eigenvalue weighted by Crippen LogP contribution is 2.16. The fourth-order valence-electron chi connectivity index (χ4n) is 2.34. The Morgan fingerprint density at radius 3 is 2.38 bits per heavy atom. The average molecular weight is 321 g/mol. The molecule has 0 radical (unpaired) electrons. The molecule has 0 aliphatic rings. The second kappa shape index (κ2) is 7.51. The van der Waals surface area contributed by atoms with Crippen LogP contribution in [-0.4, -0.2) is 5.91 Å². The summed E-state index contributed by atoms with van der Waals surface area (Å²) in [6.45, 7) is 2.22. The number of carbonyl (C=O) groups excluding carboxylic acids is 1. The van der Waals surface area contributed by atoms with Crippen molar-refractivity contribution in [1.82, 2.24) is 5.32 Å². The number of ether oxygens (including phenoxy) is 1. The Balaban J connectivity index is 1.57. The van der Waals surface area contributed by atoms with Crippen LogP contribution in [0, 0.1) is 0 Å². The molecule has 0 saturated heterocycles. The van der Waals surface area contributed by atoms with E-state index in [9.17, 15) is 4.79 Å². The summed E-state index contributed by atoms with van der Waals surface area (Å²) in [4.78, 5) is 12.3. The number of nitrogens with one attached hydrogen (secondary N) is 1. The van der Waals surface area contributed by atoms with Gasteiger partial charge in [-0.2, -0.15) is 0 Å². The first-order valence-electron chi connectivity index (χ1n) is 7.85. The molecule has 0 spiro atoms. The molecule has 2 aromatic carbocycles. The lowest BCUT2D eigenvalue weighted by Gasteiger charge is -2.13. The zero-order valence-electron chi connectivity index (χ0n) is 13.4. The summed E-state index contributed by atoms with van der Waals surface area (Å²) in [5, 5.41) is 2.93. The van der Waals surface area contributed by atoms with Crippen LogP contribution in [0.25, 0.3) is 0 Å². The highest BCUT2D eigenvalue weighted by atomic mass is 16.5. The first-order valence-corrected chi connectivity index (χ1v) is 7.85. The number of carbonyl (C=O) groups is 1. The first-order chi connectivity index (χ1) is 11.7. The molecule has 0 fully saturated rings. The smallest absolute Gasteiger partial charge is 0.287 e. The minimum atomic E-state index is -0.239. The SMILES string of the molecule is C[C@H](NC(=O)c1ccc(COc2ccccc2)o1)c1ccccc1. The quantitative estimate of drug-likeness (QED) is 0.734. The van der Waals surface area contributed by atoms with Crippen molar-refractivity contribution >= 4 is 5.91 Å². The van der Waals surface area contributed by atoms with Crippen LogP contribution in [0.4, 0.5) is 0 Å². The van der Waals surface area contributed by atoms with Crippen molar-refractivity contribution in [3.63, 3.8) is 0 Å². The predicted molar refractivity (Wildman–Crippen MR) is 91.8 cm³/mol. The van der Waals surface area contributed by atoms with Gasteiger partial charge in [0, 0.05) is 0 Å². The minimum absolute atomic E-state index is 0.0900. The molecule has 1 atom stereocenters. The minimum Gasteiger partial charge on any atom is -0.486 e. The monoisotopic (exact) mass is 321 g/mol. The molecular formula is C20H19NO3. The Morgan fingerprint density at radius 2 is 1.67 bits per heavy atom. The van der Waals surface area contributed by atoms with Gasteiger partial charge in [0.1, 0.15) is 18.1 Å². The lowest BCUT2D eigenvalue weighted by Crippen LogP contribution is -2.26. The highest BCUT2D eigenvalue weighted by molar-refractivity contribution is 5.91. The van der Waals surface area contributed by atoms with Crippen LogP contribution in [0.2, 0.25) is 0 Å². The number of amides is 1. The van der Waals surface area contributed by atoms with Crippen molar-refractivity contribution in [2.45, 2.75) is 19.6 Å². The standard InChI is InChI=1S/C20H19NO3/c1-15(16-8-4-2-5-9-16)21-20(22)19-13-12-18(24-19)14-23-17-10-6-3-7-11-17/h2-13,15H,14H2,1H3,(H,21,22)/t15-/m0/s1. The Labute approximate surface area is 141 Å². The van der Waals surface area contributed by atoms with E-state index in [0.29, 0.717) is 5.76 Å². The van der Waals surface area contributed by atoms with Crippen molar-refractivity contribution in [3.05, 3.63) is 89.9 Å². The lowest BCUT2D eigenvalue weighted by molar-refractivity contribution is 0.0907. The van der Waals surface area contributed by atoms with Crippen LogP contribution in [0.3, 0.4) is 0 Å². The number of hydrogen-bond acceptors (Lipinski definition) is 3. The van der Waals surface area contributed by atoms with Gasteiger partial charge in [0.25, 0.3) is 5.91 Å². The maximum absolute atomic E-state index is 12.3. The molecule has 0 bridgehead atoms. The van der Waals surface area contributed by atoms with Gasteiger partial charge < -0.3 is 14.5 Å². The molecule has 0 aliphatic carbocycles. The summed E-state index contributed by atoms with van der Waals surface area (Å²) in [7, 11) is 0. The van der Waals surface area contributed by atoms with Crippen molar-refractivity contribution < 1.29 is 13.9 Å². The second-order valence-corrected chi connectivity index (χ2v) is 5.47. The van der Waals surface area contributed by atoms with Crippen LogP contribution in [0.1, 0.15) is 34.8 Å². The van der Waals surface area contributed by atoms with E-state index in [0.717, 1.165) is 11.3 Å². The van der Waals surface area contributed by atoms with Gasteiger partial charge in [-0.3, -0.25) is 4.79 Å². The third-order valence-electron chi connectivity index (χ3n) is 3.66. The van der Waals surface area contributed by atoms with Crippen LogP contribution in [0.5, 0.6) is 5.75 Å². The molecule has 24 heavy (non-hydrogen) atoms. The van der Waals surface area contributed by atoms with Gasteiger partial charge in [-0.1, -0.05) is 48.5 Å². The molecule has 3 aromatic rings. The molecule has 4 nitrogen and oxygen atoms in total. The average Bonchev–Trinajstić information content (AvgIpc) is 3.11. The summed E-state index contributed by atoms with van der Waals surface area (Å²) in [5.74, 6) is 1.41. The van der Waals surface area contributed by atoms with Crippen molar-refractivity contribution in [2.75, 3.05) is 0 Å². The van der Waals surface area contributed by atoms with E-state index >= 15 is 0 Å². The van der Waals surface area contributed by atoms with Gasteiger partial charge in [0.15, 0.2) is 5.76 Å². The summed E-state index contributed by atoms with van der Waals surface area (Å²) in [5.41, 5.74) is 1.05. The third kappa shape index (κ3) is 4.04. The summed E-state index contributed by atoms with van der Waals surface area (Å²) < 4.78 is 11.2. The molecule has 1 amide bonds. The maximum atomic E-state index is 12.3. The highest BCUT2D eigenvalue weighted by Gasteiger charge is 2.15. The van der Waals surface area contributed by atoms with Crippen LogP contribution in [-0.2, 0) is 6.61 Å². The van der Waals surface area contributed by atoms with E-state index < -0.39 is 0 Å². The topological polar surface area (TPSA) is 51.5 Å². The molecule has 122 valence electrons. The van der Waals surface area contributed by atoms with Crippen molar-refractivity contribution in [1.29, 1.82) is 0 Å². The lowest BCUT2D eigenvalue weighted by atomic mass is 10.1. The Morgan fingerprint density at radius 1 is 1.00 bits per heavy atom. The van der Waals surface area contributed by atoms with E-state index in [4.69, 9.17) is 9.15 Å². The van der Waals surface area contributed by atoms with Gasteiger partial charge >= 0.3 is 0 Å². The molecule has 0 aliphatic heterocycles. The normalized spacial score (nSPS) is 11.7. The van der Waals surface area contributed by atoms with E-state index in [1.165, 1.54) is 0 Å². The van der Waals surface area contributed by atoms with E-state index in [2.05, 4.69) is 5.32 Å². The zero-order chi connectivity index (χ0) is 16.8. The van der Waals surface area contributed by atoms with Gasteiger partial charge in [-0.15, -0.1) is 0 Å². The fourth-order valence-corrected chi connectivity index (χ4v) is 2.34. The number of para-hydroxylation sites is 1. The van der Waals surface area contributed by atoms with Crippen molar-refractivity contribution in [3.8, 4) is 5.75 Å². The molecule has 0 unspecified atom stereocenters. The van der Waals surface area contributed by atoms with Crippen molar-refractivity contribution in [2.24, 2.45) is 0 Å². The molecule has 3 rings (SSSR count). The first kappa shape index (κ1) is 15.9. The maximum Gasteiger partial charge on any atom is 0.287 e. The zero-order valence-corrected chi connectivity index (χ0v) is 13.4. The summed E-state index contributed by atoms with van der Waals surface area (Å²) >= 11 is 0. The van der Waals surface area contributed by atoms with Gasteiger partial charge in [-0.05, 0) is 36.8 Å². The third-order valence-corrected chi connectivity index (χ3v) is 3.66. The number of benzene rings is 2. The Hall–Kier alpha value is -3.01. The van der Waals surface area contributed by atoms with Crippen LogP contribution < -0.4 is 10.1 Å². The fraction of sp³-hybridized carbons (Fsp3) is 0.150. The molecule has 0 saturated carbocycles. The Kier molecular flexibility index (Phi) is 4.96. The number of furan rings is 1. The van der Waals surface area contributed by atoms with E-state index in [1.54, 1.807) is 12.1 Å². The molecule has 1 N–H and O–H groups in total. The molecule has 1 aromatic heterocycles. The Bertz CT molecular complexity index is 781. The molecule has 1 heterocycles. The van der Waals surface area contributed by atoms with Crippen LogP contribution >= 0.6 is 0 Å². The molecule has 4 heteroatoms. The van der Waals surface area contributed by atoms with Gasteiger partial charge in [0.05, 0.1) is 6.04 Å². The summed E-state index contributed by atoms with van der Waals surface area (Å²) in [6, 6.07) is 22.6. The van der Waals surface area contributed by atoms with Gasteiger partial charge in [-0.25, -0.2) is 0 Å². The van der Waals surface area contributed by atoms with E-state index in [-0.39, 0.29) is 24.3 Å². The number of rotatable bonds is 6. The second-order valence-electron chi connectivity index (χ2n) is 5.47. The number of hydrogen-bond donors (Lipinski definition) is 1. The summed E-state index contributed by atoms with van der Waals surface area (Å²) in [6.07, 6.45) is 0. The largest absolute Gasteiger partial charge is 0.486 e.